The van der Waals surface area contributed by atoms with E-state index in [2.05, 4.69) is 14.9 Å². The van der Waals surface area contributed by atoms with Crippen LogP contribution in [0.1, 0.15) is 61.6 Å². The van der Waals surface area contributed by atoms with Gasteiger partial charge in [-0.1, -0.05) is 31.4 Å². The zero-order valence-corrected chi connectivity index (χ0v) is 22.4. The second-order valence-corrected chi connectivity index (χ2v) is 10.4. The third-order valence-electron chi connectivity index (χ3n) is 7.42. The lowest BCUT2D eigenvalue weighted by Crippen LogP contribution is -2.12. The molecule has 0 radical (unpaired) electrons. The molecule has 0 bridgehead atoms. The van der Waals surface area contributed by atoms with Crippen LogP contribution >= 0.6 is 11.6 Å². The van der Waals surface area contributed by atoms with E-state index in [1.54, 1.807) is 43.5 Å². The molecule has 0 amide bonds. The minimum Gasteiger partial charge on any atom is -0.506 e. The van der Waals surface area contributed by atoms with Gasteiger partial charge >= 0.3 is 0 Å². The third-order valence-corrected chi connectivity index (χ3v) is 7.71. The number of halogens is 1. The molecular formula is C30H27ClN4O4. The monoisotopic (exact) mass is 542 g/mol. The van der Waals surface area contributed by atoms with E-state index in [4.69, 9.17) is 21.0 Å². The van der Waals surface area contributed by atoms with Crippen LogP contribution in [0.2, 0.25) is 5.02 Å². The number of Topliss-reactive ketones (excluding diaryl/α,β-unsaturated/α-hetero) is 1. The molecular weight excluding hydrogens is 516 g/mol. The van der Waals surface area contributed by atoms with Gasteiger partial charge in [0.2, 0.25) is 5.95 Å². The van der Waals surface area contributed by atoms with Gasteiger partial charge in [-0.25, -0.2) is 4.98 Å². The van der Waals surface area contributed by atoms with Crippen molar-refractivity contribution < 1.29 is 14.3 Å². The number of carbonyl (C=O) groups excluding carboxylic acids is 1. The Hall–Kier alpha value is -4.17. The van der Waals surface area contributed by atoms with Crippen molar-refractivity contribution in [2.75, 3.05) is 5.32 Å². The smallest absolute Gasteiger partial charge is 0.229 e. The number of anilines is 2. The molecule has 8 nitrogen and oxygen atoms in total. The van der Waals surface area contributed by atoms with Crippen molar-refractivity contribution in [1.82, 2.24) is 14.5 Å². The molecule has 0 atom stereocenters. The fraction of sp³-hybridized carbons (Fsp3) is 0.267. The van der Waals surface area contributed by atoms with Crippen LogP contribution < -0.4 is 10.7 Å². The number of carbonyl (C=O) groups is 1. The molecule has 0 unspecified atom stereocenters. The number of rotatable bonds is 6. The first-order valence-corrected chi connectivity index (χ1v) is 13.5. The largest absolute Gasteiger partial charge is 0.506 e. The summed E-state index contributed by atoms with van der Waals surface area (Å²) < 4.78 is 8.19. The Bertz CT molecular complexity index is 1820. The molecule has 198 valence electrons. The predicted octanol–water partition coefficient (Wildman–Crippen LogP) is 7.19. The van der Waals surface area contributed by atoms with Gasteiger partial charge in [-0.05, 0) is 55.2 Å². The van der Waals surface area contributed by atoms with E-state index in [0.717, 1.165) is 36.7 Å². The number of fused-ring (bicyclic) bond motifs is 2. The van der Waals surface area contributed by atoms with Crippen molar-refractivity contribution in [3.63, 3.8) is 0 Å². The van der Waals surface area contributed by atoms with Crippen molar-refractivity contribution in [2.24, 2.45) is 0 Å². The SMILES string of the molecule is CCc1cc(-c2cc(=O)c3ccc(Nc4ncc5cc(C(C)=O)n(C6CCCC6)c5n4)cc3o2)cc(Cl)c1O. The highest BCUT2D eigenvalue weighted by atomic mass is 35.5. The summed E-state index contributed by atoms with van der Waals surface area (Å²) in [5, 5.41) is 14.9. The van der Waals surface area contributed by atoms with E-state index in [1.165, 1.54) is 6.07 Å². The molecule has 0 aliphatic heterocycles. The van der Waals surface area contributed by atoms with Crippen molar-refractivity contribution in [1.29, 1.82) is 0 Å². The molecule has 1 aliphatic carbocycles. The molecule has 5 aromatic rings. The van der Waals surface area contributed by atoms with Gasteiger partial charge in [0, 0.05) is 47.9 Å². The fourth-order valence-corrected chi connectivity index (χ4v) is 5.68. The predicted molar refractivity (Wildman–Crippen MR) is 152 cm³/mol. The summed E-state index contributed by atoms with van der Waals surface area (Å²) in [6, 6.07) is 12.1. The number of phenolic OH excluding ortho intramolecular Hbond substituents is 1. The van der Waals surface area contributed by atoms with Crippen molar-refractivity contribution in [3.05, 3.63) is 75.2 Å². The maximum atomic E-state index is 12.9. The number of nitrogens with zero attached hydrogens (tertiary/aromatic N) is 3. The van der Waals surface area contributed by atoms with Crippen LogP contribution in [0.5, 0.6) is 5.75 Å². The van der Waals surface area contributed by atoms with Gasteiger partial charge in [0.15, 0.2) is 11.2 Å². The van der Waals surface area contributed by atoms with Crippen LogP contribution in [0.4, 0.5) is 11.6 Å². The molecule has 39 heavy (non-hydrogen) atoms. The summed E-state index contributed by atoms with van der Waals surface area (Å²) in [4.78, 5) is 34.5. The number of aromatic hydroxyl groups is 1. The topological polar surface area (TPSA) is 110 Å². The van der Waals surface area contributed by atoms with Crippen LogP contribution in [0, 0.1) is 0 Å². The molecule has 0 spiro atoms. The van der Waals surface area contributed by atoms with Gasteiger partial charge in [-0.3, -0.25) is 9.59 Å². The molecule has 3 heterocycles. The Morgan fingerprint density at radius 1 is 1.18 bits per heavy atom. The zero-order valence-electron chi connectivity index (χ0n) is 21.6. The molecule has 0 saturated heterocycles. The molecule has 3 aromatic heterocycles. The highest BCUT2D eigenvalue weighted by molar-refractivity contribution is 6.32. The lowest BCUT2D eigenvalue weighted by Gasteiger charge is -2.16. The first-order valence-electron chi connectivity index (χ1n) is 13.1. The summed E-state index contributed by atoms with van der Waals surface area (Å²) in [7, 11) is 0. The van der Waals surface area contributed by atoms with E-state index < -0.39 is 0 Å². The molecule has 1 fully saturated rings. The summed E-state index contributed by atoms with van der Waals surface area (Å²) in [5.41, 5.74) is 3.50. The van der Waals surface area contributed by atoms with Gasteiger partial charge < -0.3 is 19.4 Å². The molecule has 2 aromatic carbocycles. The third kappa shape index (κ3) is 4.55. The molecule has 1 aliphatic rings. The average Bonchev–Trinajstić information content (AvgIpc) is 3.57. The maximum absolute atomic E-state index is 12.9. The van der Waals surface area contributed by atoms with E-state index in [9.17, 15) is 14.7 Å². The minimum atomic E-state index is -0.191. The van der Waals surface area contributed by atoms with Gasteiger partial charge in [0.05, 0.1) is 16.1 Å². The summed E-state index contributed by atoms with van der Waals surface area (Å²) in [5.74, 6) is 0.774. The number of hydrogen-bond donors (Lipinski definition) is 2. The van der Waals surface area contributed by atoms with E-state index >= 15 is 0 Å². The van der Waals surface area contributed by atoms with Crippen molar-refractivity contribution >= 4 is 51.0 Å². The fourth-order valence-electron chi connectivity index (χ4n) is 5.44. The number of nitrogens with one attached hydrogen (secondary N) is 1. The van der Waals surface area contributed by atoms with Crippen LogP contribution in [-0.2, 0) is 6.42 Å². The Morgan fingerprint density at radius 3 is 2.72 bits per heavy atom. The standard InChI is InChI=1S/C30H27ClN4O4/c1-3-17-10-18(11-23(31)28(17)38)26-14-25(37)22-9-8-20(13-27(22)39-26)33-30-32-15-19-12-24(16(2)36)35(29(19)34-30)21-6-4-5-7-21/h8-15,21,38H,3-7H2,1-2H3,(H,32,33,34). The van der Waals surface area contributed by atoms with Gasteiger partial charge in [-0.15, -0.1) is 0 Å². The normalized spacial score (nSPS) is 13.9. The first-order chi connectivity index (χ1) is 18.8. The van der Waals surface area contributed by atoms with Crippen molar-refractivity contribution in [3.8, 4) is 17.1 Å². The second-order valence-electron chi connectivity index (χ2n) is 10.00. The Morgan fingerprint density at radius 2 is 1.97 bits per heavy atom. The van der Waals surface area contributed by atoms with Crippen LogP contribution in [-0.4, -0.2) is 25.4 Å². The highest BCUT2D eigenvalue weighted by Crippen LogP contribution is 2.36. The molecule has 9 heteroatoms. The Balaban J connectivity index is 1.39. The molecule has 2 N–H and O–H groups in total. The summed E-state index contributed by atoms with van der Waals surface area (Å²) in [6.07, 6.45) is 6.62. The number of phenols is 1. The van der Waals surface area contributed by atoms with E-state index in [0.29, 0.717) is 51.6 Å². The zero-order chi connectivity index (χ0) is 27.3. The van der Waals surface area contributed by atoms with Crippen molar-refractivity contribution in [2.45, 2.75) is 52.0 Å². The average molecular weight is 543 g/mol. The maximum Gasteiger partial charge on any atom is 0.229 e. The first kappa shape index (κ1) is 25.1. The van der Waals surface area contributed by atoms with Gasteiger partial charge in [0.25, 0.3) is 0 Å². The summed E-state index contributed by atoms with van der Waals surface area (Å²) in [6.45, 7) is 3.49. The quantitative estimate of drug-likeness (QED) is 0.218. The van der Waals surface area contributed by atoms with Crippen LogP contribution in [0.15, 0.2) is 57.9 Å². The number of ketones is 1. The van der Waals surface area contributed by atoms with Crippen LogP contribution in [0.25, 0.3) is 33.3 Å². The highest BCUT2D eigenvalue weighted by Gasteiger charge is 2.24. The number of benzene rings is 2. The lowest BCUT2D eigenvalue weighted by molar-refractivity contribution is 0.100. The Labute approximate surface area is 229 Å². The number of aryl methyl sites for hydroxylation is 1. The molecule has 6 rings (SSSR count). The van der Waals surface area contributed by atoms with E-state index in [1.807, 2.05) is 13.0 Å². The number of hydrogen-bond acceptors (Lipinski definition) is 7. The van der Waals surface area contributed by atoms with Gasteiger partial charge in [0.1, 0.15) is 22.7 Å². The van der Waals surface area contributed by atoms with Crippen LogP contribution in [0.3, 0.4) is 0 Å². The second kappa shape index (κ2) is 9.85. The summed E-state index contributed by atoms with van der Waals surface area (Å²) >= 11 is 6.22. The van der Waals surface area contributed by atoms with Gasteiger partial charge in [-0.2, -0.15) is 4.98 Å². The minimum absolute atomic E-state index is 0.00995. The molecule has 1 saturated carbocycles. The van der Waals surface area contributed by atoms with E-state index in [-0.39, 0.29) is 28.0 Å². The lowest BCUT2D eigenvalue weighted by atomic mass is 10.0. The number of aromatic nitrogens is 3. The Kier molecular flexibility index (Phi) is 6.35.